The third kappa shape index (κ3) is 3.31. The molecule has 0 unspecified atom stereocenters. The lowest BCUT2D eigenvalue weighted by atomic mass is 10.1. The van der Waals surface area contributed by atoms with Crippen molar-refractivity contribution in [1.29, 1.82) is 0 Å². The van der Waals surface area contributed by atoms with Crippen LogP contribution >= 0.6 is 11.8 Å². The lowest BCUT2D eigenvalue weighted by Crippen LogP contribution is -2.25. The first-order chi connectivity index (χ1) is 10.2. The Hall–Kier alpha value is -2.14. The molecule has 3 rings (SSSR count). The molecule has 21 heavy (non-hydrogen) atoms. The van der Waals surface area contributed by atoms with Crippen LogP contribution in [-0.4, -0.2) is 16.6 Å². The van der Waals surface area contributed by atoms with Crippen LogP contribution < -0.4 is 5.43 Å². The Kier molecular flexibility index (Phi) is 4.01. The second kappa shape index (κ2) is 6.10. The Bertz CT molecular complexity index is 725. The summed E-state index contributed by atoms with van der Waals surface area (Å²) in [5, 5.41) is 4.96. The molecule has 3 nitrogen and oxygen atoms in total. The maximum absolute atomic E-state index is 13.7. The molecule has 0 saturated heterocycles. The normalized spacial score (nSPS) is 16.5. The average molecular weight is 299 g/mol. The number of amidine groups is 1. The molecule has 1 N–H and O–H groups in total. The van der Waals surface area contributed by atoms with Gasteiger partial charge in [-0.3, -0.25) is 5.43 Å². The number of thioether (sulfide) groups is 1. The summed E-state index contributed by atoms with van der Waals surface area (Å²) in [6.45, 7) is 2.03. The first-order valence-corrected chi connectivity index (χ1v) is 7.56. The van der Waals surface area contributed by atoms with Crippen LogP contribution in [-0.2, 0) is 0 Å². The van der Waals surface area contributed by atoms with E-state index in [1.54, 1.807) is 12.1 Å². The van der Waals surface area contributed by atoms with Crippen LogP contribution in [0.1, 0.15) is 11.1 Å². The largest absolute Gasteiger partial charge is 0.255 e. The van der Waals surface area contributed by atoms with Gasteiger partial charge in [-0.05, 0) is 30.7 Å². The highest BCUT2D eigenvalue weighted by Gasteiger charge is 2.15. The molecule has 0 aromatic heterocycles. The molecular weight excluding hydrogens is 285 g/mol. The Balaban J connectivity index is 1.79. The van der Waals surface area contributed by atoms with E-state index in [1.165, 1.54) is 17.8 Å². The van der Waals surface area contributed by atoms with E-state index in [0.29, 0.717) is 17.0 Å². The molecule has 0 atom stereocenters. The summed E-state index contributed by atoms with van der Waals surface area (Å²) in [6.07, 6.45) is 0. The molecule has 1 heterocycles. The Morgan fingerprint density at radius 1 is 1.19 bits per heavy atom. The summed E-state index contributed by atoms with van der Waals surface area (Å²) in [6, 6.07) is 14.6. The summed E-state index contributed by atoms with van der Waals surface area (Å²) in [4.78, 5) is 4.50. The number of rotatable bonds is 2. The summed E-state index contributed by atoms with van der Waals surface area (Å²) in [5.41, 5.74) is 6.17. The van der Waals surface area contributed by atoms with Gasteiger partial charge in [-0.2, -0.15) is 5.10 Å². The van der Waals surface area contributed by atoms with Gasteiger partial charge >= 0.3 is 0 Å². The second-order valence-electron chi connectivity index (χ2n) is 4.69. The predicted octanol–water partition coefficient (Wildman–Crippen LogP) is 3.86. The Morgan fingerprint density at radius 3 is 2.76 bits per heavy atom. The van der Waals surface area contributed by atoms with E-state index in [9.17, 15) is 4.39 Å². The van der Waals surface area contributed by atoms with Crippen LogP contribution in [0.5, 0.6) is 0 Å². The van der Waals surface area contributed by atoms with Crippen molar-refractivity contribution in [2.45, 2.75) is 6.92 Å². The minimum Gasteiger partial charge on any atom is -0.255 e. The van der Waals surface area contributed by atoms with Gasteiger partial charge in [-0.15, -0.1) is 0 Å². The third-order valence-electron chi connectivity index (χ3n) is 3.05. The Morgan fingerprint density at radius 2 is 2.05 bits per heavy atom. The van der Waals surface area contributed by atoms with Gasteiger partial charge < -0.3 is 0 Å². The molecular formula is C16H14FN3S. The molecule has 106 valence electrons. The molecule has 0 saturated carbocycles. The minimum atomic E-state index is -0.252. The van der Waals surface area contributed by atoms with E-state index < -0.39 is 0 Å². The predicted molar refractivity (Wildman–Crippen MR) is 86.8 cm³/mol. The summed E-state index contributed by atoms with van der Waals surface area (Å²) >= 11 is 1.52. The summed E-state index contributed by atoms with van der Waals surface area (Å²) < 4.78 is 13.7. The molecule has 0 bridgehead atoms. The fourth-order valence-corrected chi connectivity index (χ4v) is 2.80. The molecule has 1 aliphatic heterocycles. The van der Waals surface area contributed by atoms with Crippen LogP contribution in [0.15, 0.2) is 58.6 Å². The second-order valence-corrected chi connectivity index (χ2v) is 5.66. The fraction of sp³-hybridized carbons (Fsp3) is 0.125. The van der Waals surface area contributed by atoms with Crippen LogP contribution in [0.3, 0.4) is 0 Å². The standard InChI is InChI=1S/C16H14FN3S/c1-11-5-4-6-12(9-11)18-16-20-19-15(10-21-16)13-7-2-3-8-14(13)17/h2-9H,10H2,1H3,(H,18,20). The zero-order valence-electron chi connectivity index (χ0n) is 11.5. The van der Waals surface area contributed by atoms with Gasteiger partial charge in [0.1, 0.15) is 5.82 Å². The number of aliphatic imine (C=N–C) groups is 1. The van der Waals surface area contributed by atoms with Gasteiger partial charge in [-0.25, -0.2) is 9.38 Å². The van der Waals surface area contributed by atoms with Crippen molar-refractivity contribution in [1.82, 2.24) is 5.43 Å². The maximum Gasteiger partial charge on any atom is 0.182 e. The molecule has 0 radical (unpaired) electrons. The third-order valence-corrected chi connectivity index (χ3v) is 3.92. The average Bonchev–Trinajstić information content (AvgIpc) is 2.49. The van der Waals surface area contributed by atoms with E-state index in [1.807, 2.05) is 37.3 Å². The zero-order valence-corrected chi connectivity index (χ0v) is 12.3. The van der Waals surface area contributed by atoms with Crippen molar-refractivity contribution in [2.75, 3.05) is 5.75 Å². The van der Waals surface area contributed by atoms with Gasteiger partial charge in [0, 0.05) is 11.3 Å². The smallest absolute Gasteiger partial charge is 0.182 e. The van der Waals surface area contributed by atoms with Crippen molar-refractivity contribution in [2.24, 2.45) is 10.1 Å². The monoisotopic (exact) mass is 299 g/mol. The number of aryl methyl sites for hydroxylation is 1. The van der Waals surface area contributed by atoms with Gasteiger partial charge in [0.15, 0.2) is 5.17 Å². The van der Waals surface area contributed by atoms with E-state index in [0.717, 1.165) is 16.4 Å². The number of halogens is 1. The molecule has 0 spiro atoms. The van der Waals surface area contributed by atoms with E-state index in [4.69, 9.17) is 0 Å². The van der Waals surface area contributed by atoms with E-state index in [-0.39, 0.29) is 5.82 Å². The van der Waals surface area contributed by atoms with E-state index in [2.05, 4.69) is 15.5 Å². The van der Waals surface area contributed by atoms with Crippen molar-refractivity contribution in [3.8, 4) is 0 Å². The highest BCUT2D eigenvalue weighted by Crippen LogP contribution is 2.20. The zero-order chi connectivity index (χ0) is 14.7. The number of hydrogen-bond donors (Lipinski definition) is 1. The Labute approximate surface area is 127 Å². The molecule has 0 amide bonds. The van der Waals surface area contributed by atoms with Crippen molar-refractivity contribution in [3.63, 3.8) is 0 Å². The summed E-state index contributed by atoms with van der Waals surface area (Å²) in [5.74, 6) is 0.344. The number of benzene rings is 2. The first-order valence-electron chi connectivity index (χ1n) is 6.58. The molecule has 0 aliphatic carbocycles. The van der Waals surface area contributed by atoms with Crippen molar-refractivity contribution in [3.05, 3.63) is 65.5 Å². The van der Waals surface area contributed by atoms with E-state index >= 15 is 0 Å². The molecule has 0 fully saturated rings. The van der Waals surface area contributed by atoms with Crippen LogP contribution in [0.2, 0.25) is 0 Å². The highest BCUT2D eigenvalue weighted by atomic mass is 32.2. The molecule has 2 aromatic carbocycles. The summed E-state index contributed by atoms with van der Waals surface area (Å²) in [7, 11) is 0. The topological polar surface area (TPSA) is 36.8 Å². The molecule has 5 heteroatoms. The van der Waals surface area contributed by atoms with Crippen LogP contribution in [0.4, 0.5) is 10.1 Å². The van der Waals surface area contributed by atoms with Gasteiger partial charge in [0.05, 0.1) is 11.4 Å². The van der Waals surface area contributed by atoms with Crippen molar-refractivity contribution < 1.29 is 4.39 Å². The van der Waals surface area contributed by atoms with Gasteiger partial charge in [0.2, 0.25) is 0 Å². The minimum absolute atomic E-state index is 0.252. The lowest BCUT2D eigenvalue weighted by Gasteiger charge is -2.15. The molecule has 2 aromatic rings. The molecule has 1 aliphatic rings. The fourth-order valence-electron chi connectivity index (χ4n) is 2.02. The van der Waals surface area contributed by atoms with Gasteiger partial charge in [0.25, 0.3) is 0 Å². The van der Waals surface area contributed by atoms with Gasteiger partial charge in [-0.1, -0.05) is 42.1 Å². The highest BCUT2D eigenvalue weighted by molar-refractivity contribution is 8.14. The van der Waals surface area contributed by atoms with Crippen LogP contribution in [0.25, 0.3) is 0 Å². The SMILES string of the molecule is Cc1cccc(N=C2NN=C(c3ccccc3F)CS2)c1. The number of nitrogens with one attached hydrogen (secondary N) is 1. The van der Waals surface area contributed by atoms with Crippen LogP contribution in [0, 0.1) is 12.7 Å². The maximum atomic E-state index is 13.7. The van der Waals surface area contributed by atoms with Crippen molar-refractivity contribution >= 4 is 28.3 Å². The lowest BCUT2D eigenvalue weighted by molar-refractivity contribution is 0.625. The quantitative estimate of drug-likeness (QED) is 0.914. The number of nitrogens with zero attached hydrogens (tertiary/aromatic N) is 2. The first kappa shape index (κ1) is 13.8. The number of hydrogen-bond acceptors (Lipinski definition) is 3. The number of hydrazone groups is 1.